The van der Waals surface area contributed by atoms with Gasteiger partial charge in [0.05, 0.1) is 26.6 Å². The zero-order valence-corrected chi connectivity index (χ0v) is 20.9. The molecule has 4 rings (SSSR count). The largest absolute Gasteiger partial charge is 0.486 e. The first-order valence-corrected chi connectivity index (χ1v) is 11.7. The van der Waals surface area contributed by atoms with Gasteiger partial charge in [0.2, 0.25) is 0 Å². The molecule has 1 saturated heterocycles. The number of hydrogen-bond donors (Lipinski definition) is 1. The molecule has 34 heavy (non-hydrogen) atoms. The molecule has 0 spiro atoms. The summed E-state index contributed by atoms with van der Waals surface area (Å²) in [6, 6.07) is 15.5. The van der Waals surface area contributed by atoms with Gasteiger partial charge in [-0.15, -0.1) is 0 Å². The number of nitrogens with zero attached hydrogens (tertiary/aromatic N) is 1. The number of halogens is 4. The third-order valence-corrected chi connectivity index (χ3v) is 6.42. The molecule has 0 aliphatic carbocycles. The maximum Gasteiger partial charge on any atom is 0.329 e. The normalized spacial score (nSPS) is 14.6. The van der Waals surface area contributed by atoms with Gasteiger partial charge in [-0.05, 0) is 54.0 Å². The van der Waals surface area contributed by atoms with Crippen molar-refractivity contribution in [2.75, 3.05) is 0 Å². The van der Waals surface area contributed by atoms with Crippen LogP contribution in [0.3, 0.4) is 0 Å². The second-order valence-corrected chi connectivity index (χ2v) is 9.34. The van der Waals surface area contributed by atoms with Crippen molar-refractivity contribution in [3.05, 3.63) is 103 Å². The van der Waals surface area contributed by atoms with Crippen LogP contribution in [0.15, 0.2) is 60.3 Å². The van der Waals surface area contributed by atoms with E-state index >= 15 is 0 Å². The van der Waals surface area contributed by atoms with E-state index in [9.17, 15) is 9.59 Å². The number of hydrogen-bond acceptors (Lipinski definition) is 3. The molecule has 0 aromatic heterocycles. The predicted molar refractivity (Wildman–Crippen MR) is 135 cm³/mol. The molecule has 0 radical (unpaired) electrons. The summed E-state index contributed by atoms with van der Waals surface area (Å²) in [5.74, 6) is -0.142. The Morgan fingerprint density at radius 2 is 1.50 bits per heavy atom. The van der Waals surface area contributed by atoms with Gasteiger partial charge in [0.15, 0.2) is 5.75 Å². The summed E-state index contributed by atoms with van der Waals surface area (Å²) in [6.45, 7) is 2.32. The number of aryl methyl sites for hydroxylation is 1. The number of nitrogens with one attached hydrogen (secondary N) is 1. The molecule has 0 unspecified atom stereocenters. The molecule has 3 aromatic rings. The number of benzene rings is 3. The lowest BCUT2D eigenvalue weighted by Gasteiger charge is -2.12. The molecule has 9 heteroatoms. The van der Waals surface area contributed by atoms with Crippen molar-refractivity contribution in [2.24, 2.45) is 0 Å². The molecule has 0 atom stereocenters. The van der Waals surface area contributed by atoms with Gasteiger partial charge >= 0.3 is 6.03 Å². The maximum atomic E-state index is 12.8. The van der Waals surface area contributed by atoms with Crippen LogP contribution in [0.1, 0.15) is 22.3 Å². The third kappa shape index (κ3) is 5.50. The summed E-state index contributed by atoms with van der Waals surface area (Å²) < 4.78 is 5.77. The highest BCUT2D eigenvalue weighted by molar-refractivity contribution is 6.42. The lowest BCUT2D eigenvalue weighted by atomic mass is 10.1. The van der Waals surface area contributed by atoms with Crippen molar-refractivity contribution in [1.82, 2.24) is 10.2 Å². The van der Waals surface area contributed by atoms with Crippen LogP contribution in [-0.4, -0.2) is 16.8 Å². The first-order chi connectivity index (χ1) is 16.2. The highest BCUT2D eigenvalue weighted by Crippen LogP contribution is 2.36. The van der Waals surface area contributed by atoms with Gasteiger partial charge in [-0.1, -0.05) is 82.3 Å². The number of urea groups is 1. The summed E-state index contributed by atoms with van der Waals surface area (Å²) in [4.78, 5) is 26.3. The van der Waals surface area contributed by atoms with E-state index in [4.69, 9.17) is 51.1 Å². The SMILES string of the molecule is Cc1ccc(CN2C(=O)N/C(=C/c3cc(Cl)c(OCc4ccc(Cl)c(Cl)c4)c(Cl)c3)C2=O)cc1. The molecule has 1 heterocycles. The Kier molecular flexibility index (Phi) is 7.39. The zero-order chi connectivity index (χ0) is 24.4. The summed E-state index contributed by atoms with van der Waals surface area (Å²) >= 11 is 24.7. The molecule has 1 N–H and O–H groups in total. The quantitative estimate of drug-likeness (QED) is 0.266. The fourth-order valence-corrected chi connectivity index (χ4v) is 4.28. The fraction of sp³-hybridized carbons (Fsp3) is 0.120. The molecule has 1 aliphatic rings. The molecule has 0 bridgehead atoms. The monoisotopic (exact) mass is 534 g/mol. The van der Waals surface area contributed by atoms with Gasteiger partial charge in [0.25, 0.3) is 5.91 Å². The number of ether oxygens (including phenoxy) is 1. The molecule has 3 amide bonds. The molecule has 174 valence electrons. The molecule has 5 nitrogen and oxygen atoms in total. The zero-order valence-electron chi connectivity index (χ0n) is 17.9. The molecule has 1 aliphatic heterocycles. The Morgan fingerprint density at radius 3 is 2.15 bits per heavy atom. The Hall–Kier alpha value is -2.70. The van der Waals surface area contributed by atoms with E-state index in [1.807, 2.05) is 31.2 Å². The number of carbonyl (C=O) groups is 2. The minimum Gasteiger partial charge on any atom is -0.486 e. The van der Waals surface area contributed by atoms with Gasteiger partial charge in [-0.25, -0.2) is 4.79 Å². The predicted octanol–water partition coefficient (Wildman–Crippen LogP) is 7.28. The highest BCUT2D eigenvalue weighted by atomic mass is 35.5. The maximum absolute atomic E-state index is 12.8. The van der Waals surface area contributed by atoms with E-state index in [0.717, 1.165) is 21.6 Å². The van der Waals surface area contributed by atoms with Gasteiger partial charge in [-0.3, -0.25) is 9.69 Å². The summed E-state index contributed by atoms with van der Waals surface area (Å²) in [7, 11) is 0. The minimum absolute atomic E-state index is 0.133. The van der Waals surface area contributed by atoms with Crippen molar-refractivity contribution in [1.29, 1.82) is 0 Å². The molecule has 1 fully saturated rings. The van der Waals surface area contributed by atoms with E-state index in [1.165, 1.54) is 6.08 Å². The Labute approximate surface area is 216 Å². The highest BCUT2D eigenvalue weighted by Gasteiger charge is 2.33. The molecular weight excluding hydrogens is 518 g/mol. The van der Waals surface area contributed by atoms with Crippen LogP contribution in [0.2, 0.25) is 20.1 Å². The average Bonchev–Trinajstić information content (AvgIpc) is 3.04. The first kappa shape index (κ1) is 24.4. The molecule has 3 aromatic carbocycles. The van der Waals surface area contributed by atoms with Crippen LogP contribution in [0, 0.1) is 6.92 Å². The van der Waals surface area contributed by atoms with E-state index < -0.39 is 11.9 Å². The van der Waals surface area contributed by atoms with Crippen molar-refractivity contribution in [3.63, 3.8) is 0 Å². The second kappa shape index (κ2) is 10.3. The average molecular weight is 536 g/mol. The van der Waals surface area contributed by atoms with Crippen molar-refractivity contribution in [2.45, 2.75) is 20.1 Å². The van der Waals surface area contributed by atoms with Crippen LogP contribution >= 0.6 is 46.4 Å². The Bertz CT molecular complexity index is 1280. The number of rotatable bonds is 6. The minimum atomic E-state index is -0.490. The lowest BCUT2D eigenvalue weighted by molar-refractivity contribution is -0.123. The summed E-state index contributed by atoms with van der Waals surface area (Å²) in [5, 5.41) is 3.98. The summed E-state index contributed by atoms with van der Waals surface area (Å²) in [6.07, 6.45) is 1.52. The summed E-state index contributed by atoms with van der Waals surface area (Å²) in [5.41, 5.74) is 3.41. The van der Waals surface area contributed by atoms with E-state index in [-0.39, 0.29) is 28.9 Å². The second-order valence-electron chi connectivity index (χ2n) is 7.72. The molecular formula is C25H18Cl4N2O3. The number of carbonyl (C=O) groups excluding carboxylic acids is 2. The van der Waals surface area contributed by atoms with Crippen LogP contribution in [0.4, 0.5) is 4.79 Å². The van der Waals surface area contributed by atoms with Gasteiger partial charge in [0.1, 0.15) is 12.3 Å². The van der Waals surface area contributed by atoms with Crippen LogP contribution in [0.25, 0.3) is 6.08 Å². The number of imide groups is 1. The smallest absolute Gasteiger partial charge is 0.329 e. The van der Waals surface area contributed by atoms with E-state index in [0.29, 0.717) is 21.4 Å². The lowest BCUT2D eigenvalue weighted by Crippen LogP contribution is -2.30. The van der Waals surface area contributed by atoms with Gasteiger partial charge in [-0.2, -0.15) is 0 Å². The van der Waals surface area contributed by atoms with Crippen molar-refractivity contribution < 1.29 is 14.3 Å². The van der Waals surface area contributed by atoms with Crippen LogP contribution in [-0.2, 0) is 17.9 Å². The van der Waals surface area contributed by atoms with E-state index in [1.54, 1.807) is 30.3 Å². The first-order valence-electron chi connectivity index (χ1n) is 10.2. The Morgan fingerprint density at radius 1 is 0.853 bits per heavy atom. The Balaban J connectivity index is 1.49. The topological polar surface area (TPSA) is 58.6 Å². The van der Waals surface area contributed by atoms with Gasteiger partial charge < -0.3 is 10.1 Å². The van der Waals surface area contributed by atoms with Gasteiger partial charge in [0, 0.05) is 0 Å². The molecule has 0 saturated carbocycles. The van der Waals surface area contributed by atoms with E-state index in [2.05, 4.69) is 5.32 Å². The standard InChI is InChI=1S/C25H18Cl4N2O3/c1-14-2-4-15(5-3-14)12-31-24(32)22(30-25(31)33)11-17-9-20(28)23(21(29)10-17)34-13-16-6-7-18(26)19(27)8-16/h2-11H,12-13H2,1H3,(H,30,33)/b22-11+. The van der Waals surface area contributed by atoms with Crippen molar-refractivity contribution in [3.8, 4) is 5.75 Å². The third-order valence-electron chi connectivity index (χ3n) is 5.12. The van der Waals surface area contributed by atoms with Crippen molar-refractivity contribution >= 4 is 64.4 Å². The van der Waals surface area contributed by atoms with Crippen LogP contribution < -0.4 is 10.1 Å². The van der Waals surface area contributed by atoms with Crippen LogP contribution in [0.5, 0.6) is 5.75 Å². The number of amides is 3. The fourth-order valence-electron chi connectivity index (χ4n) is 3.34.